The van der Waals surface area contributed by atoms with Crippen LogP contribution in [0.15, 0.2) is 30.3 Å². The summed E-state index contributed by atoms with van der Waals surface area (Å²) in [4.78, 5) is 12.1. The third-order valence-electron chi connectivity index (χ3n) is 5.01. The van der Waals surface area contributed by atoms with E-state index in [1.807, 2.05) is 30.3 Å². The number of alkyl carbamates (subject to hydrolysis) is 1. The van der Waals surface area contributed by atoms with Crippen LogP contribution in [0.4, 0.5) is 4.79 Å². The number of nitrogens with one attached hydrogen (secondary N) is 1. The molecule has 1 aliphatic rings. The highest BCUT2D eigenvalue weighted by atomic mass is 32.2. The van der Waals surface area contributed by atoms with Crippen LogP contribution in [0.25, 0.3) is 0 Å². The van der Waals surface area contributed by atoms with Gasteiger partial charge in [-0.15, -0.1) is 0 Å². The van der Waals surface area contributed by atoms with Gasteiger partial charge in [0.15, 0.2) is 16.1 Å². The third kappa shape index (κ3) is 7.70. The van der Waals surface area contributed by atoms with Crippen LogP contribution >= 0.6 is 0 Å². The summed E-state index contributed by atoms with van der Waals surface area (Å²) >= 11 is 0. The Balaban J connectivity index is 1.85. The lowest BCUT2D eigenvalue weighted by atomic mass is 10.00. The summed E-state index contributed by atoms with van der Waals surface area (Å²) in [7, 11) is -2.51. The lowest BCUT2D eigenvalue weighted by Crippen LogP contribution is -2.59. The maximum absolute atomic E-state index is 12.6. The Kier molecular flexibility index (Phi) is 8.81. The molecule has 0 saturated carbocycles. The van der Waals surface area contributed by atoms with Gasteiger partial charge in [-0.1, -0.05) is 30.3 Å². The van der Waals surface area contributed by atoms with Crippen LogP contribution in [0.5, 0.6) is 0 Å². The van der Waals surface area contributed by atoms with E-state index in [4.69, 9.17) is 14.2 Å². The van der Waals surface area contributed by atoms with Gasteiger partial charge in [0.25, 0.3) is 0 Å². The minimum Gasteiger partial charge on any atom is -0.445 e. The number of benzene rings is 1. The van der Waals surface area contributed by atoms with Crippen molar-refractivity contribution in [1.29, 1.82) is 0 Å². The van der Waals surface area contributed by atoms with Gasteiger partial charge < -0.3 is 34.8 Å². The predicted octanol–water partition coefficient (Wildman–Crippen LogP) is -0.0497. The van der Waals surface area contributed by atoms with Crippen molar-refractivity contribution in [1.82, 2.24) is 5.32 Å². The second-order valence-electron chi connectivity index (χ2n) is 8.19. The zero-order chi connectivity index (χ0) is 23.2. The van der Waals surface area contributed by atoms with E-state index in [2.05, 4.69) is 5.32 Å². The molecule has 11 heteroatoms. The van der Waals surface area contributed by atoms with Gasteiger partial charge in [0.2, 0.25) is 0 Å². The highest BCUT2D eigenvalue weighted by Crippen LogP contribution is 2.23. The molecule has 1 heterocycles. The van der Waals surface area contributed by atoms with Crippen LogP contribution in [-0.4, -0.2) is 84.7 Å². The molecule has 0 aromatic heterocycles. The average Bonchev–Trinajstić information content (AvgIpc) is 2.72. The number of aliphatic hydroxyl groups is 3. The van der Waals surface area contributed by atoms with Crippen LogP contribution < -0.4 is 5.32 Å². The molecule has 1 aliphatic heterocycles. The molecule has 1 aromatic rings. The Bertz CT molecular complexity index is 813. The Morgan fingerprint density at radius 1 is 1.13 bits per heavy atom. The molecule has 0 bridgehead atoms. The quantitative estimate of drug-likeness (QED) is 0.397. The Labute approximate surface area is 182 Å². The SMILES string of the molecule is COC1OC(CS(=O)(=O)CCC(C)(C)NC(=O)OCc2ccccc2)C(O)C(O)C1O. The number of ether oxygens (including phenoxy) is 3. The molecule has 10 nitrogen and oxygen atoms in total. The summed E-state index contributed by atoms with van der Waals surface area (Å²) in [5.41, 5.74) is -0.0526. The first kappa shape index (κ1) is 25.5. The second kappa shape index (κ2) is 10.7. The van der Waals surface area contributed by atoms with Crippen molar-refractivity contribution in [2.24, 2.45) is 0 Å². The summed E-state index contributed by atoms with van der Waals surface area (Å²) in [5, 5.41) is 32.4. The fraction of sp³-hybridized carbons (Fsp3) is 0.650. The van der Waals surface area contributed by atoms with E-state index < -0.39 is 57.9 Å². The molecule has 5 unspecified atom stereocenters. The number of hydrogen-bond donors (Lipinski definition) is 4. The van der Waals surface area contributed by atoms with Gasteiger partial charge >= 0.3 is 6.09 Å². The van der Waals surface area contributed by atoms with Crippen molar-refractivity contribution in [2.45, 2.75) is 63.1 Å². The van der Waals surface area contributed by atoms with Crippen molar-refractivity contribution < 1.29 is 42.7 Å². The van der Waals surface area contributed by atoms with Gasteiger partial charge in [0.05, 0.1) is 11.5 Å². The monoisotopic (exact) mass is 461 g/mol. The zero-order valence-electron chi connectivity index (χ0n) is 17.8. The van der Waals surface area contributed by atoms with Gasteiger partial charge in [0, 0.05) is 12.6 Å². The number of carbonyl (C=O) groups excluding carboxylic acids is 1. The number of hydrogen-bond acceptors (Lipinski definition) is 9. The fourth-order valence-electron chi connectivity index (χ4n) is 3.09. The zero-order valence-corrected chi connectivity index (χ0v) is 18.6. The summed E-state index contributed by atoms with van der Waals surface area (Å²) in [6, 6.07) is 9.14. The Morgan fingerprint density at radius 3 is 2.39 bits per heavy atom. The molecule has 1 saturated heterocycles. The first-order valence-corrected chi connectivity index (χ1v) is 11.7. The minimum absolute atomic E-state index is 0.0808. The maximum atomic E-state index is 12.6. The van der Waals surface area contributed by atoms with Crippen LogP contribution in [0.2, 0.25) is 0 Å². The molecule has 2 rings (SSSR count). The average molecular weight is 462 g/mol. The molecule has 0 spiro atoms. The molecular formula is C20H31NO9S. The van der Waals surface area contributed by atoms with Crippen LogP contribution in [0.3, 0.4) is 0 Å². The number of aliphatic hydroxyl groups excluding tert-OH is 3. The normalized spacial score (nSPS) is 27.0. The molecular weight excluding hydrogens is 430 g/mol. The predicted molar refractivity (Wildman–Crippen MR) is 111 cm³/mol. The first-order chi connectivity index (χ1) is 14.4. The van der Waals surface area contributed by atoms with Crippen LogP contribution in [0, 0.1) is 0 Å². The maximum Gasteiger partial charge on any atom is 0.407 e. The van der Waals surface area contributed by atoms with Gasteiger partial charge in [-0.2, -0.15) is 0 Å². The summed E-state index contributed by atoms with van der Waals surface area (Å²) < 4.78 is 40.4. The van der Waals surface area contributed by atoms with E-state index in [-0.39, 0.29) is 18.8 Å². The second-order valence-corrected chi connectivity index (χ2v) is 10.4. The van der Waals surface area contributed by atoms with E-state index in [0.717, 1.165) is 5.56 Å². The van der Waals surface area contributed by atoms with Crippen molar-refractivity contribution in [3.63, 3.8) is 0 Å². The summed E-state index contributed by atoms with van der Waals surface area (Å²) in [6.45, 7) is 3.42. The third-order valence-corrected chi connectivity index (χ3v) is 6.67. The Hall–Kier alpha value is -1.76. The Morgan fingerprint density at radius 2 is 1.77 bits per heavy atom. The van der Waals surface area contributed by atoms with Crippen LogP contribution in [0.1, 0.15) is 25.8 Å². The minimum atomic E-state index is -3.74. The molecule has 1 aromatic carbocycles. The number of rotatable bonds is 9. The van der Waals surface area contributed by atoms with Crippen molar-refractivity contribution in [3.8, 4) is 0 Å². The standard InChI is InChI=1S/C20H31NO9S/c1-20(2,21-19(25)29-11-13-7-5-4-6-8-13)9-10-31(26,27)12-14-15(22)16(23)17(24)18(28-3)30-14/h4-8,14-18,22-24H,9-12H2,1-3H3,(H,21,25). The number of sulfone groups is 1. The molecule has 5 atom stereocenters. The lowest BCUT2D eigenvalue weighted by molar-refractivity contribution is -0.285. The molecule has 176 valence electrons. The first-order valence-electron chi connectivity index (χ1n) is 9.86. The summed E-state index contributed by atoms with van der Waals surface area (Å²) in [6.07, 6.45) is -7.79. The van der Waals surface area contributed by atoms with Crippen molar-refractivity contribution in [2.75, 3.05) is 18.6 Å². The van der Waals surface area contributed by atoms with Gasteiger partial charge in [-0.05, 0) is 25.8 Å². The van der Waals surface area contributed by atoms with E-state index in [1.165, 1.54) is 7.11 Å². The fourth-order valence-corrected chi connectivity index (χ4v) is 4.86. The van der Waals surface area contributed by atoms with E-state index in [0.29, 0.717) is 0 Å². The molecule has 1 fully saturated rings. The van der Waals surface area contributed by atoms with E-state index >= 15 is 0 Å². The lowest BCUT2D eigenvalue weighted by Gasteiger charge is -2.39. The van der Waals surface area contributed by atoms with Gasteiger partial charge in [-0.3, -0.25) is 0 Å². The van der Waals surface area contributed by atoms with E-state index in [1.54, 1.807) is 13.8 Å². The van der Waals surface area contributed by atoms with E-state index in [9.17, 15) is 28.5 Å². The highest BCUT2D eigenvalue weighted by Gasteiger charge is 2.45. The van der Waals surface area contributed by atoms with Gasteiger partial charge in [-0.25, -0.2) is 13.2 Å². The topological polar surface area (TPSA) is 152 Å². The molecule has 0 radical (unpaired) electrons. The highest BCUT2D eigenvalue weighted by molar-refractivity contribution is 7.91. The molecule has 31 heavy (non-hydrogen) atoms. The van der Waals surface area contributed by atoms with Gasteiger partial charge in [0.1, 0.15) is 31.0 Å². The number of carbonyl (C=O) groups is 1. The number of amides is 1. The molecule has 1 amide bonds. The molecule has 4 N–H and O–H groups in total. The van der Waals surface area contributed by atoms with Crippen LogP contribution in [-0.2, 0) is 30.7 Å². The van der Waals surface area contributed by atoms with Crippen molar-refractivity contribution >= 4 is 15.9 Å². The smallest absolute Gasteiger partial charge is 0.407 e. The largest absolute Gasteiger partial charge is 0.445 e. The molecule has 0 aliphatic carbocycles. The number of methoxy groups -OCH3 is 1. The van der Waals surface area contributed by atoms with Crippen molar-refractivity contribution in [3.05, 3.63) is 35.9 Å². The summed E-state index contributed by atoms with van der Waals surface area (Å²) in [5.74, 6) is -0.881.